The summed E-state index contributed by atoms with van der Waals surface area (Å²) >= 11 is 1.28. The maximum absolute atomic E-state index is 11.5. The van der Waals surface area contributed by atoms with E-state index in [1.807, 2.05) is 39.8 Å². The minimum absolute atomic E-state index is 0.0888. The van der Waals surface area contributed by atoms with Gasteiger partial charge in [0, 0.05) is 12.7 Å². The molecule has 1 aliphatic rings. The molecule has 3 nitrogen and oxygen atoms in total. The van der Waals surface area contributed by atoms with Gasteiger partial charge in [0.15, 0.2) is 5.12 Å². The molecule has 0 saturated carbocycles. The summed E-state index contributed by atoms with van der Waals surface area (Å²) in [6.45, 7) is 9.75. The number of hydrogen-bond acceptors (Lipinski definition) is 4. The monoisotopic (exact) mass is 368 g/mol. The van der Waals surface area contributed by atoms with Crippen LogP contribution in [0.15, 0.2) is 47.9 Å². The van der Waals surface area contributed by atoms with E-state index in [0.29, 0.717) is 5.75 Å². The summed E-state index contributed by atoms with van der Waals surface area (Å²) in [5.74, 6) is 0.555. The van der Waals surface area contributed by atoms with Gasteiger partial charge in [-0.1, -0.05) is 54.2 Å². The lowest BCUT2D eigenvalue weighted by molar-refractivity contribution is -0.109. The average molecular weight is 368 g/mol. The minimum Gasteiger partial charge on any atom is -0.400 e. The Morgan fingerprint density at radius 2 is 1.65 bits per heavy atom. The molecule has 0 aromatic heterocycles. The summed E-state index contributed by atoms with van der Waals surface area (Å²) in [4.78, 5) is 11.5. The van der Waals surface area contributed by atoms with Gasteiger partial charge in [-0.25, -0.2) is 0 Å². The van der Waals surface area contributed by atoms with Gasteiger partial charge in [0.25, 0.3) is 0 Å². The van der Waals surface area contributed by atoms with Crippen LogP contribution in [0.3, 0.4) is 0 Å². The van der Waals surface area contributed by atoms with Gasteiger partial charge in [0.1, 0.15) is 0 Å². The normalized spacial score (nSPS) is 19.1. The molecule has 0 unspecified atom stereocenters. The average Bonchev–Trinajstić information content (AvgIpc) is 2.79. The minimum atomic E-state index is -0.446. The van der Waals surface area contributed by atoms with E-state index in [-0.39, 0.29) is 5.12 Å². The van der Waals surface area contributed by atoms with Crippen LogP contribution in [-0.2, 0) is 14.1 Å². The lowest BCUT2D eigenvalue weighted by Crippen LogP contribution is -2.41. The number of benzene rings is 2. The Morgan fingerprint density at radius 1 is 1.04 bits per heavy atom. The van der Waals surface area contributed by atoms with E-state index in [0.717, 1.165) is 11.0 Å². The third-order valence-corrected chi connectivity index (χ3v) is 6.01. The first-order valence-corrected chi connectivity index (χ1v) is 9.85. The molecule has 1 saturated heterocycles. The molecule has 0 bridgehead atoms. The zero-order valence-corrected chi connectivity index (χ0v) is 16.9. The van der Waals surface area contributed by atoms with Crippen molar-refractivity contribution in [1.29, 1.82) is 0 Å². The molecule has 0 aliphatic carbocycles. The van der Waals surface area contributed by atoms with Crippen LogP contribution in [0.1, 0.15) is 40.2 Å². The van der Waals surface area contributed by atoms with Crippen molar-refractivity contribution in [1.82, 2.24) is 0 Å². The van der Waals surface area contributed by atoms with Crippen LogP contribution >= 0.6 is 11.8 Å². The molecule has 2 aromatic rings. The Hall–Kier alpha value is -1.56. The molecule has 0 radical (unpaired) electrons. The van der Waals surface area contributed by atoms with Gasteiger partial charge >= 0.3 is 7.12 Å². The highest BCUT2D eigenvalue weighted by atomic mass is 32.2. The first kappa shape index (κ1) is 19.2. The Labute approximate surface area is 160 Å². The maximum Gasteiger partial charge on any atom is 0.491 e. The molecule has 1 fully saturated rings. The number of carbonyl (C=O) groups excluding carboxylic acids is 1. The first-order chi connectivity index (χ1) is 12.2. The van der Waals surface area contributed by atoms with Crippen molar-refractivity contribution in [3.8, 4) is 0 Å². The van der Waals surface area contributed by atoms with Crippen LogP contribution < -0.4 is 0 Å². The van der Waals surface area contributed by atoms with Crippen LogP contribution in [0.2, 0.25) is 0 Å². The highest BCUT2D eigenvalue weighted by Gasteiger charge is 2.52. The Kier molecular flexibility index (Phi) is 5.34. The Bertz CT molecular complexity index is 841. The number of fused-ring (bicyclic) bond motifs is 1. The molecule has 1 aliphatic heterocycles. The zero-order chi connectivity index (χ0) is 18.9. The SMILES string of the molecule is CC(=O)SCC(=Cc1ccc2ccccc2c1)B1OC(C)(C)C(C)(C)O1. The van der Waals surface area contributed by atoms with Crippen molar-refractivity contribution in [2.45, 2.75) is 45.8 Å². The summed E-state index contributed by atoms with van der Waals surface area (Å²) in [7, 11) is -0.446. The topological polar surface area (TPSA) is 35.5 Å². The second-order valence-corrected chi connectivity index (χ2v) is 8.85. The molecule has 5 heteroatoms. The molecule has 0 atom stereocenters. The first-order valence-electron chi connectivity index (χ1n) is 8.86. The summed E-state index contributed by atoms with van der Waals surface area (Å²) in [6.07, 6.45) is 2.09. The van der Waals surface area contributed by atoms with Crippen molar-refractivity contribution >= 4 is 40.8 Å². The van der Waals surface area contributed by atoms with Crippen LogP contribution in [0.5, 0.6) is 0 Å². The molecule has 26 heavy (non-hydrogen) atoms. The smallest absolute Gasteiger partial charge is 0.400 e. The summed E-state index contributed by atoms with van der Waals surface area (Å²) in [6, 6.07) is 14.6. The quantitative estimate of drug-likeness (QED) is 0.701. The van der Waals surface area contributed by atoms with Gasteiger partial charge in [-0.15, -0.1) is 0 Å². The van der Waals surface area contributed by atoms with Crippen LogP contribution in [-0.4, -0.2) is 29.2 Å². The standard InChI is InChI=1S/C21H25BO3S/c1-15(23)26-14-19(22-24-20(2,3)21(4,5)25-22)13-16-10-11-17-8-6-7-9-18(17)12-16/h6-13H,14H2,1-5H3. The number of rotatable bonds is 4. The van der Waals surface area contributed by atoms with E-state index >= 15 is 0 Å². The molecule has 3 rings (SSSR count). The van der Waals surface area contributed by atoms with Crippen molar-refractivity contribution in [2.75, 3.05) is 5.75 Å². The van der Waals surface area contributed by atoms with E-state index in [9.17, 15) is 4.79 Å². The number of thioether (sulfide) groups is 1. The molecule has 1 heterocycles. The summed E-state index contributed by atoms with van der Waals surface area (Å²) in [5.41, 5.74) is 1.25. The highest BCUT2D eigenvalue weighted by molar-refractivity contribution is 8.13. The fourth-order valence-corrected chi connectivity index (χ4v) is 3.46. The molecule has 0 N–H and O–H groups in total. The largest absolute Gasteiger partial charge is 0.491 e. The number of carbonyl (C=O) groups is 1. The van der Waals surface area contributed by atoms with Gasteiger partial charge in [-0.05, 0) is 55.6 Å². The fraction of sp³-hybridized carbons (Fsp3) is 0.381. The molecular formula is C21H25BO3S. The second-order valence-electron chi connectivity index (χ2n) is 7.69. The number of hydrogen-bond donors (Lipinski definition) is 0. The van der Waals surface area contributed by atoms with Crippen molar-refractivity contribution in [2.24, 2.45) is 0 Å². The van der Waals surface area contributed by atoms with Gasteiger partial charge in [0.2, 0.25) is 0 Å². The van der Waals surface area contributed by atoms with Gasteiger partial charge in [-0.3, -0.25) is 4.79 Å². The van der Waals surface area contributed by atoms with Gasteiger partial charge in [-0.2, -0.15) is 0 Å². The predicted molar refractivity (Wildman–Crippen MR) is 111 cm³/mol. The fourth-order valence-electron chi connectivity index (χ4n) is 2.87. The third-order valence-electron chi connectivity index (χ3n) is 5.12. The van der Waals surface area contributed by atoms with Gasteiger partial charge < -0.3 is 9.31 Å². The van der Waals surface area contributed by atoms with E-state index < -0.39 is 18.3 Å². The van der Waals surface area contributed by atoms with Crippen LogP contribution in [0.4, 0.5) is 0 Å². The molecule has 136 valence electrons. The lowest BCUT2D eigenvalue weighted by atomic mass is 9.78. The second kappa shape index (κ2) is 7.22. The molecule has 2 aromatic carbocycles. The van der Waals surface area contributed by atoms with E-state index in [1.165, 1.54) is 22.5 Å². The molecule has 0 amide bonds. The van der Waals surface area contributed by atoms with Crippen molar-refractivity contribution in [3.05, 3.63) is 53.5 Å². The Balaban J connectivity index is 1.94. The van der Waals surface area contributed by atoms with E-state index in [2.05, 4.69) is 36.4 Å². The van der Waals surface area contributed by atoms with Crippen LogP contribution in [0.25, 0.3) is 16.8 Å². The molecular weight excluding hydrogens is 343 g/mol. The van der Waals surface area contributed by atoms with E-state index in [1.54, 1.807) is 6.92 Å². The highest BCUT2D eigenvalue weighted by Crippen LogP contribution is 2.39. The maximum atomic E-state index is 11.5. The Morgan fingerprint density at radius 3 is 2.27 bits per heavy atom. The van der Waals surface area contributed by atoms with E-state index in [4.69, 9.17) is 9.31 Å². The van der Waals surface area contributed by atoms with Gasteiger partial charge in [0.05, 0.1) is 11.2 Å². The third kappa shape index (κ3) is 4.06. The summed E-state index contributed by atoms with van der Waals surface area (Å²) < 4.78 is 12.4. The predicted octanol–water partition coefficient (Wildman–Crippen LogP) is 5.13. The van der Waals surface area contributed by atoms with Crippen molar-refractivity contribution in [3.63, 3.8) is 0 Å². The summed E-state index contributed by atoms with van der Waals surface area (Å²) in [5, 5.41) is 2.49. The molecule has 0 spiro atoms. The van der Waals surface area contributed by atoms with Crippen LogP contribution in [0, 0.1) is 0 Å². The lowest BCUT2D eigenvalue weighted by Gasteiger charge is -2.32. The van der Waals surface area contributed by atoms with Crippen molar-refractivity contribution < 1.29 is 14.1 Å². The zero-order valence-electron chi connectivity index (χ0n) is 16.0.